The zero-order valence-electron chi connectivity index (χ0n) is 12.8. The average Bonchev–Trinajstić information content (AvgIpc) is 2.53. The predicted octanol–water partition coefficient (Wildman–Crippen LogP) is 4.18. The number of carbonyl (C=O) groups is 1. The summed E-state index contributed by atoms with van der Waals surface area (Å²) >= 11 is 1.65. The van der Waals surface area contributed by atoms with Crippen LogP contribution in [0.5, 0.6) is 0 Å². The lowest BCUT2D eigenvalue weighted by Crippen LogP contribution is -2.13. The smallest absolute Gasteiger partial charge is 0.152 e. The van der Waals surface area contributed by atoms with Gasteiger partial charge >= 0.3 is 0 Å². The summed E-state index contributed by atoms with van der Waals surface area (Å²) in [5, 5.41) is 0. The van der Waals surface area contributed by atoms with E-state index in [1.807, 2.05) is 49.5 Å². The van der Waals surface area contributed by atoms with E-state index in [4.69, 9.17) is 0 Å². The number of halogens is 1. The second kappa shape index (κ2) is 7.27. The molecule has 0 aliphatic heterocycles. The molecule has 2 aromatic carbocycles. The minimum Gasteiger partial charge on any atom is -0.377 e. The van der Waals surface area contributed by atoms with Gasteiger partial charge < -0.3 is 4.90 Å². The molecular weight excluding hydrogens is 297 g/mol. The first-order valence-electron chi connectivity index (χ1n) is 6.84. The number of carbonyl (C=O) groups excluding carboxylic acids is 1. The second-order valence-electron chi connectivity index (χ2n) is 5.01. The Bertz CT molecular complexity index is 675. The third-order valence-electron chi connectivity index (χ3n) is 3.34. The van der Waals surface area contributed by atoms with E-state index < -0.39 is 0 Å². The van der Waals surface area contributed by atoms with E-state index in [0.717, 1.165) is 28.0 Å². The summed E-state index contributed by atoms with van der Waals surface area (Å²) in [5.74, 6) is -0.293. The van der Waals surface area contributed by atoms with Crippen LogP contribution in [0.3, 0.4) is 0 Å². The van der Waals surface area contributed by atoms with Crippen molar-refractivity contribution in [1.29, 1.82) is 0 Å². The van der Waals surface area contributed by atoms with Crippen molar-refractivity contribution >= 4 is 29.3 Å². The summed E-state index contributed by atoms with van der Waals surface area (Å²) < 4.78 is 13.1. The zero-order valence-corrected chi connectivity index (χ0v) is 13.7. The Morgan fingerprint density at radius 3 is 2.00 bits per heavy atom. The molecule has 0 saturated carbocycles. The van der Waals surface area contributed by atoms with E-state index >= 15 is 0 Å². The minimum absolute atomic E-state index is 0.293. The number of hydrogen-bond donors (Lipinski definition) is 0. The fourth-order valence-electron chi connectivity index (χ4n) is 2.29. The van der Waals surface area contributed by atoms with Crippen LogP contribution in [-0.2, 0) is 4.79 Å². The Morgan fingerprint density at radius 2 is 1.55 bits per heavy atom. The molecule has 2 rings (SSSR count). The molecule has 0 fully saturated rings. The van der Waals surface area contributed by atoms with Gasteiger partial charge in [-0.3, -0.25) is 4.79 Å². The number of benzene rings is 2. The van der Waals surface area contributed by atoms with E-state index in [9.17, 15) is 9.18 Å². The van der Waals surface area contributed by atoms with Gasteiger partial charge in [0.2, 0.25) is 0 Å². The van der Waals surface area contributed by atoms with Gasteiger partial charge in [0.25, 0.3) is 0 Å². The van der Waals surface area contributed by atoms with Gasteiger partial charge in [-0.1, -0.05) is 12.1 Å². The molecule has 22 heavy (non-hydrogen) atoms. The summed E-state index contributed by atoms with van der Waals surface area (Å²) in [6, 6.07) is 14.0. The Balaban J connectivity index is 2.58. The Hall–Kier alpha value is -2.07. The van der Waals surface area contributed by atoms with Crippen molar-refractivity contribution in [3.05, 3.63) is 65.5 Å². The predicted molar refractivity (Wildman–Crippen MR) is 91.2 cm³/mol. The maximum Gasteiger partial charge on any atom is 0.152 e. The lowest BCUT2D eigenvalue weighted by molar-refractivity contribution is -0.103. The highest BCUT2D eigenvalue weighted by Gasteiger charge is 2.13. The number of nitrogens with zero attached hydrogens (tertiary/aromatic N) is 1. The number of aldehydes is 1. The van der Waals surface area contributed by atoms with Gasteiger partial charge in [0.1, 0.15) is 5.82 Å². The highest BCUT2D eigenvalue weighted by Crippen LogP contribution is 2.28. The number of hydrogen-bond acceptors (Lipinski definition) is 3. The van der Waals surface area contributed by atoms with Gasteiger partial charge in [0.05, 0.1) is 5.70 Å². The van der Waals surface area contributed by atoms with Crippen LogP contribution in [0, 0.1) is 5.82 Å². The van der Waals surface area contributed by atoms with Crippen molar-refractivity contribution in [3.63, 3.8) is 0 Å². The van der Waals surface area contributed by atoms with E-state index in [2.05, 4.69) is 0 Å². The molecule has 0 aliphatic carbocycles. The zero-order chi connectivity index (χ0) is 16.1. The van der Waals surface area contributed by atoms with Gasteiger partial charge in [-0.2, -0.15) is 0 Å². The molecule has 0 spiro atoms. The van der Waals surface area contributed by atoms with Crippen molar-refractivity contribution < 1.29 is 9.18 Å². The topological polar surface area (TPSA) is 20.3 Å². The van der Waals surface area contributed by atoms with Gasteiger partial charge in [0, 0.05) is 24.6 Å². The summed E-state index contributed by atoms with van der Waals surface area (Å²) in [5.41, 5.74) is 3.01. The molecule has 0 heterocycles. The highest BCUT2D eigenvalue weighted by atomic mass is 32.2. The molecule has 0 radical (unpaired) electrons. The average molecular weight is 315 g/mol. The molecule has 0 aromatic heterocycles. The minimum atomic E-state index is -0.293. The number of thioether (sulfide) groups is 1. The van der Waals surface area contributed by atoms with Gasteiger partial charge in [-0.05, 0) is 53.8 Å². The van der Waals surface area contributed by atoms with Crippen LogP contribution < -0.4 is 0 Å². The van der Waals surface area contributed by atoms with Crippen molar-refractivity contribution in [2.75, 3.05) is 20.4 Å². The van der Waals surface area contributed by atoms with Crippen LogP contribution in [0.4, 0.5) is 4.39 Å². The fourth-order valence-corrected chi connectivity index (χ4v) is 2.70. The monoisotopic (exact) mass is 315 g/mol. The maximum absolute atomic E-state index is 13.1. The van der Waals surface area contributed by atoms with Crippen LogP contribution >= 0.6 is 11.8 Å². The van der Waals surface area contributed by atoms with Crippen molar-refractivity contribution in [2.24, 2.45) is 0 Å². The molecule has 4 heteroatoms. The molecule has 2 nitrogen and oxygen atoms in total. The molecule has 2 aromatic rings. The van der Waals surface area contributed by atoms with Crippen LogP contribution in [0.2, 0.25) is 0 Å². The maximum atomic E-state index is 13.1. The first-order valence-corrected chi connectivity index (χ1v) is 8.06. The third kappa shape index (κ3) is 3.57. The molecule has 0 aliphatic rings. The number of rotatable bonds is 5. The van der Waals surface area contributed by atoms with Crippen LogP contribution in [0.25, 0.3) is 11.3 Å². The summed E-state index contributed by atoms with van der Waals surface area (Å²) in [6.45, 7) is 0. The Kier molecular flexibility index (Phi) is 5.39. The van der Waals surface area contributed by atoms with Crippen molar-refractivity contribution in [1.82, 2.24) is 4.90 Å². The largest absolute Gasteiger partial charge is 0.377 e. The molecule has 0 saturated heterocycles. The van der Waals surface area contributed by atoms with Crippen LogP contribution in [0.1, 0.15) is 11.1 Å². The van der Waals surface area contributed by atoms with Gasteiger partial charge in [-0.15, -0.1) is 11.8 Å². The second-order valence-corrected chi connectivity index (χ2v) is 5.89. The molecule has 0 amide bonds. The van der Waals surface area contributed by atoms with Gasteiger partial charge in [-0.25, -0.2) is 4.39 Å². The first-order chi connectivity index (χ1) is 10.6. The molecule has 114 valence electrons. The summed E-state index contributed by atoms with van der Waals surface area (Å²) in [6.07, 6.45) is 2.86. The molecule has 0 bridgehead atoms. The lowest BCUT2D eigenvalue weighted by Gasteiger charge is -2.20. The number of allylic oxidation sites excluding steroid dienone is 1. The first kappa shape index (κ1) is 16.3. The molecule has 0 unspecified atom stereocenters. The van der Waals surface area contributed by atoms with E-state index in [1.165, 1.54) is 12.1 Å². The molecular formula is C18H18FNOS. The van der Waals surface area contributed by atoms with Crippen LogP contribution in [0.15, 0.2) is 53.4 Å². The van der Waals surface area contributed by atoms with Gasteiger partial charge in [0.15, 0.2) is 6.29 Å². The molecule has 0 atom stereocenters. The van der Waals surface area contributed by atoms with Crippen LogP contribution in [-0.4, -0.2) is 31.5 Å². The van der Waals surface area contributed by atoms with E-state index in [-0.39, 0.29) is 5.82 Å². The van der Waals surface area contributed by atoms with E-state index in [1.54, 1.807) is 23.9 Å². The standard InChI is InChI=1S/C18H18FNOS/c1-20(2)18(14-4-8-15(19)9-5-14)17(12-21)13-6-10-16(22-3)11-7-13/h4-12H,1-3H3. The quantitative estimate of drug-likeness (QED) is 0.357. The van der Waals surface area contributed by atoms with Crippen molar-refractivity contribution in [3.8, 4) is 0 Å². The fraction of sp³-hybridized carbons (Fsp3) is 0.167. The molecule has 0 N–H and O–H groups in total. The van der Waals surface area contributed by atoms with Crippen molar-refractivity contribution in [2.45, 2.75) is 4.90 Å². The van der Waals surface area contributed by atoms with E-state index in [0.29, 0.717) is 5.57 Å². The Morgan fingerprint density at radius 1 is 1.00 bits per heavy atom. The lowest BCUT2D eigenvalue weighted by atomic mass is 10.00. The summed E-state index contributed by atoms with van der Waals surface area (Å²) in [7, 11) is 3.75. The Labute approximate surface area is 134 Å². The summed E-state index contributed by atoms with van der Waals surface area (Å²) in [4.78, 5) is 14.7. The SMILES string of the molecule is CSc1ccc(C(C=O)=C(c2ccc(F)cc2)N(C)C)cc1. The third-order valence-corrected chi connectivity index (χ3v) is 4.08. The highest BCUT2D eigenvalue weighted by molar-refractivity contribution is 7.98. The normalized spacial score (nSPS) is 11.8.